The van der Waals surface area contributed by atoms with Crippen LogP contribution < -0.4 is 0 Å². The van der Waals surface area contributed by atoms with Crippen LogP contribution in [0.2, 0.25) is 0 Å². The van der Waals surface area contributed by atoms with E-state index in [0.29, 0.717) is 17.8 Å². The van der Waals surface area contributed by atoms with Crippen molar-refractivity contribution in [2.75, 3.05) is 13.1 Å². The number of rotatable bonds is 3. The first-order valence-corrected chi connectivity index (χ1v) is 8.78. The van der Waals surface area contributed by atoms with E-state index >= 15 is 0 Å². The van der Waals surface area contributed by atoms with Crippen LogP contribution in [-0.2, 0) is 0 Å². The summed E-state index contributed by atoms with van der Waals surface area (Å²) >= 11 is 0. The maximum Gasteiger partial charge on any atom is 0.280 e. The van der Waals surface area contributed by atoms with Crippen molar-refractivity contribution in [2.24, 2.45) is 0 Å². The SMILES string of the molecule is CC1=CCN(C(=O)c2ccc(C#N)cn2)C[C@H]1c1cc(C(F)F)nc2ncnn12. The van der Waals surface area contributed by atoms with Crippen molar-refractivity contribution < 1.29 is 13.6 Å². The zero-order valence-electron chi connectivity index (χ0n) is 15.3. The van der Waals surface area contributed by atoms with Gasteiger partial charge in [-0.1, -0.05) is 11.6 Å². The Morgan fingerprint density at radius 3 is 2.86 bits per heavy atom. The topological polar surface area (TPSA) is 100 Å². The van der Waals surface area contributed by atoms with E-state index in [0.717, 1.165) is 5.57 Å². The number of amides is 1. The average molecular weight is 395 g/mol. The maximum absolute atomic E-state index is 13.3. The Morgan fingerprint density at radius 2 is 2.17 bits per heavy atom. The third kappa shape index (κ3) is 3.42. The fourth-order valence-electron chi connectivity index (χ4n) is 3.29. The Labute approximate surface area is 164 Å². The summed E-state index contributed by atoms with van der Waals surface area (Å²) in [5.74, 6) is -0.570. The van der Waals surface area contributed by atoms with Gasteiger partial charge in [0.25, 0.3) is 18.1 Å². The van der Waals surface area contributed by atoms with Crippen LogP contribution in [0.1, 0.15) is 46.7 Å². The smallest absolute Gasteiger partial charge is 0.280 e. The molecule has 146 valence electrons. The van der Waals surface area contributed by atoms with Gasteiger partial charge in [-0.25, -0.2) is 23.3 Å². The first-order chi connectivity index (χ1) is 14.0. The molecule has 0 saturated heterocycles. The molecule has 0 saturated carbocycles. The minimum absolute atomic E-state index is 0.0859. The van der Waals surface area contributed by atoms with Crippen LogP contribution >= 0.6 is 0 Å². The molecule has 3 aromatic rings. The van der Waals surface area contributed by atoms with Gasteiger partial charge in [0.1, 0.15) is 23.8 Å². The number of nitriles is 1. The lowest BCUT2D eigenvalue weighted by Crippen LogP contribution is -2.39. The zero-order chi connectivity index (χ0) is 20.5. The lowest BCUT2D eigenvalue weighted by Gasteiger charge is -2.32. The van der Waals surface area contributed by atoms with Crippen molar-refractivity contribution >= 4 is 11.7 Å². The van der Waals surface area contributed by atoms with Crippen LogP contribution in [0, 0.1) is 11.3 Å². The molecule has 0 N–H and O–H groups in total. The van der Waals surface area contributed by atoms with Crippen LogP contribution in [0.25, 0.3) is 5.78 Å². The number of aromatic nitrogens is 5. The molecule has 0 aromatic carbocycles. The molecule has 4 rings (SSSR count). The second-order valence-corrected chi connectivity index (χ2v) is 6.63. The molecule has 0 radical (unpaired) electrons. The van der Waals surface area contributed by atoms with Crippen molar-refractivity contribution in [3.8, 4) is 6.07 Å². The lowest BCUT2D eigenvalue weighted by atomic mass is 9.92. The van der Waals surface area contributed by atoms with Gasteiger partial charge < -0.3 is 4.90 Å². The highest BCUT2D eigenvalue weighted by molar-refractivity contribution is 5.92. The Hall–Kier alpha value is -3.74. The van der Waals surface area contributed by atoms with Crippen LogP contribution in [-0.4, -0.2) is 48.5 Å². The highest BCUT2D eigenvalue weighted by atomic mass is 19.3. The van der Waals surface area contributed by atoms with E-state index in [1.54, 1.807) is 4.90 Å². The summed E-state index contributed by atoms with van der Waals surface area (Å²) < 4.78 is 28.0. The molecule has 0 aliphatic carbocycles. The average Bonchev–Trinajstić information content (AvgIpc) is 3.22. The standard InChI is InChI=1S/C19H15F2N7O/c1-11-4-5-27(18(29)14-3-2-12(7-22)8-23-14)9-13(11)16-6-15(17(20)21)26-19-24-10-25-28(16)19/h2-4,6,8,10,13,17H,5,9H2,1H3/t13-/m1/s1. The molecule has 29 heavy (non-hydrogen) atoms. The lowest BCUT2D eigenvalue weighted by molar-refractivity contribution is 0.0753. The molecule has 0 fully saturated rings. The molecular formula is C19H15F2N7O. The summed E-state index contributed by atoms with van der Waals surface area (Å²) in [7, 11) is 0. The van der Waals surface area contributed by atoms with Gasteiger partial charge in [0.15, 0.2) is 0 Å². The van der Waals surface area contributed by atoms with E-state index < -0.39 is 6.43 Å². The normalized spacial score (nSPS) is 16.7. The van der Waals surface area contributed by atoms with Crippen LogP contribution in [0.4, 0.5) is 8.78 Å². The van der Waals surface area contributed by atoms with Gasteiger partial charge in [-0.05, 0) is 25.1 Å². The van der Waals surface area contributed by atoms with E-state index in [2.05, 4.69) is 20.1 Å². The third-order valence-electron chi connectivity index (χ3n) is 4.86. The first kappa shape index (κ1) is 18.6. The number of nitrogens with zero attached hydrogens (tertiary/aromatic N) is 7. The van der Waals surface area contributed by atoms with Crippen LogP contribution in [0.15, 0.2) is 42.4 Å². The Morgan fingerprint density at radius 1 is 1.34 bits per heavy atom. The summed E-state index contributed by atoms with van der Waals surface area (Å²) in [5, 5.41) is 13.0. The highest BCUT2D eigenvalue weighted by Crippen LogP contribution is 2.31. The van der Waals surface area contributed by atoms with Gasteiger partial charge in [0.2, 0.25) is 0 Å². The fraction of sp³-hybridized carbons (Fsp3) is 0.263. The molecule has 0 spiro atoms. The van der Waals surface area contributed by atoms with E-state index in [1.807, 2.05) is 19.1 Å². The molecule has 0 unspecified atom stereocenters. The van der Waals surface area contributed by atoms with Crippen molar-refractivity contribution in [3.63, 3.8) is 0 Å². The van der Waals surface area contributed by atoms with Gasteiger partial charge >= 0.3 is 0 Å². The van der Waals surface area contributed by atoms with Crippen molar-refractivity contribution in [3.05, 3.63) is 65.0 Å². The summed E-state index contributed by atoms with van der Waals surface area (Å²) in [6.07, 6.45) is 1.73. The van der Waals surface area contributed by atoms with Gasteiger partial charge in [0.05, 0.1) is 11.3 Å². The molecule has 4 heterocycles. The molecule has 1 aliphatic rings. The fourth-order valence-corrected chi connectivity index (χ4v) is 3.29. The van der Waals surface area contributed by atoms with E-state index in [9.17, 15) is 13.6 Å². The summed E-state index contributed by atoms with van der Waals surface area (Å²) in [6.45, 7) is 2.53. The number of fused-ring (bicyclic) bond motifs is 1. The number of hydrogen-bond acceptors (Lipinski definition) is 6. The molecule has 1 aliphatic heterocycles. The Balaban J connectivity index is 1.68. The number of halogens is 2. The second kappa shape index (κ2) is 7.35. The minimum atomic E-state index is -2.75. The zero-order valence-corrected chi connectivity index (χ0v) is 15.3. The van der Waals surface area contributed by atoms with Gasteiger partial charge in [-0.3, -0.25) is 4.79 Å². The van der Waals surface area contributed by atoms with Gasteiger partial charge in [0, 0.05) is 25.2 Å². The Bertz CT molecular complexity index is 1150. The summed E-state index contributed by atoms with van der Waals surface area (Å²) in [5.41, 5.74) is 1.61. The largest absolute Gasteiger partial charge is 0.333 e. The number of pyridine rings is 1. The molecule has 8 nitrogen and oxygen atoms in total. The molecule has 3 aromatic heterocycles. The number of hydrogen-bond donors (Lipinski definition) is 0. The van der Waals surface area contributed by atoms with Crippen LogP contribution in [0.3, 0.4) is 0 Å². The van der Waals surface area contributed by atoms with Gasteiger partial charge in [-0.15, -0.1) is 0 Å². The third-order valence-corrected chi connectivity index (χ3v) is 4.86. The number of carbonyl (C=O) groups excluding carboxylic acids is 1. The van der Waals surface area contributed by atoms with Crippen molar-refractivity contribution in [1.29, 1.82) is 5.26 Å². The van der Waals surface area contributed by atoms with Gasteiger partial charge in [-0.2, -0.15) is 15.3 Å². The maximum atomic E-state index is 13.3. The predicted molar refractivity (Wildman–Crippen MR) is 97.1 cm³/mol. The summed E-state index contributed by atoms with van der Waals surface area (Å²) in [6, 6.07) is 6.29. The minimum Gasteiger partial charge on any atom is -0.333 e. The number of alkyl halides is 2. The molecule has 10 heteroatoms. The second-order valence-electron chi connectivity index (χ2n) is 6.63. The van der Waals surface area contributed by atoms with E-state index in [-0.39, 0.29) is 35.5 Å². The Kier molecular flexibility index (Phi) is 4.72. The van der Waals surface area contributed by atoms with Crippen molar-refractivity contribution in [1.82, 2.24) is 29.5 Å². The highest BCUT2D eigenvalue weighted by Gasteiger charge is 2.29. The quantitative estimate of drug-likeness (QED) is 0.632. The molecule has 0 bridgehead atoms. The van der Waals surface area contributed by atoms with E-state index in [1.165, 1.54) is 35.2 Å². The number of carbonyl (C=O) groups is 1. The molecular weight excluding hydrogens is 380 g/mol. The van der Waals surface area contributed by atoms with Crippen molar-refractivity contribution in [2.45, 2.75) is 19.3 Å². The molecule has 1 amide bonds. The predicted octanol–water partition coefficient (Wildman–Crippen LogP) is 2.51. The summed E-state index contributed by atoms with van der Waals surface area (Å²) in [4.78, 5) is 26.3. The van der Waals surface area contributed by atoms with E-state index in [4.69, 9.17) is 5.26 Å². The first-order valence-electron chi connectivity index (χ1n) is 8.78. The monoisotopic (exact) mass is 395 g/mol. The molecule has 1 atom stereocenters. The van der Waals surface area contributed by atoms with Crippen LogP contribution in [0.5, 0.6) is 0 Å².